The van der Waals surface area contributed by atoms with Crippen molar-refractivity contribution in [2.45, 2.75) is 25.6 Å². The highest BCUT2D eigenvalue weighted by atomic mass is 16.5. The average Bonchev–Trinajstić information content (AvgIpc) is 2.69. The lowest BCUT2D eigenvalue weighted by molar-refractivity contribution is 0.0793. The summed E-state index contributed by atoms with van der Waals surface area (Å²) in [5, 5.41) is 10.3. The third kappa shape index (κ3) is 1.82. The SMILES string of the molecule is COC1c2ccccc2-c2cc(C(C)(C)O)c(N)cc21. The summed E-state index contributed by atoms with van der Waals surface area (Å²) in [6.45, 7) is 3.50. The summed E-state index contributed by atoms with van der Waals surface area (Å²) in [4.78, 5) is 0. The van der Waals surface area contributed by atoms with Crippen molar-refractivity contribution in [2.24, 2.45) is 0 Å². The Morgan fingerprint density at radius 1 is 1.10 bits per heavy atom. The number of aliphatic hydroxyl groups is 1. The summed E-state index contributed by atoms with van der Waals surface area (Å²) in [5.41, 5.74) is 11.0. The first-order chi connectivity index (χ1) is 9.43. The Morgan fingerprint density at radius 3 is 2.45 bits per heavy atom. The first kappa shape index (κ1) is 13.2. The van der Waals surface area contributed by atoms with Crippen LogP contribution in [0.2, 0.25) is 0 Å². The number of benzene rings is 2. The molecule has 0 aromatic heterocycles. The van der Waals surface area contributed by atoms with Crippen LogP contribution in [0.25, 0.3) is 11.1 Å². The van der Waals surface area contributed by atoms with Gasteiger partial charge in [0.1, 0.15) is 6.10 Å². The van der Waals surface area contributed by atoms with Crippen molar-refractivity contribution >= 4 is 5.69 Å². The Labute approximate surface area is 119 Å². The van der Waals surface area contributed by atoms with Crippen LogP contribution in [0.15, 0.2) is 36.4 Å². The van der Waals surface area contributed by atoms with Crippen LogP contribution in [0, 0.1) is 0 Å². The van der Waals surface area contributed by atoms with Gasteiger partial charge < -0.3 is 15.6 Å². The molecule has 3 heteroatoms. The van der Waals surface area contributed by atoms with E-state index in [4.69, 9.17) is 10.5 Å². The Kier molecular flexibility index (Phi) is 2.85. The second kappa shape index (κ2) is 4.33. The van der Waals surface area contributed by atoms with Gasteiger partial charge in [0, 0.05) is 18.4 Å². The molecule has 0 radical (unpaired) electrons. The summed E-state index contributed by atoms with van der Waals surface area (Å²) >= 11 is 0. The number of methoxy groups -OCH3 is 1. The monoisotopic (exact) mass is 269 g/mol. The van der Waals surface area contributed by atoms with Gasteiger partial charge in [0.25, 0.3) is 0 Å². The van der Waals surface area contributed by atoms with Gasteiger partial charge in [-0.15, -0.1) is 0 Å². The number of hydrogen-bond acceptors (Lipinski definition) is 3. The fourth-order valence-electron chi connectivity index (χ4n) is 3.01. The first-order valence-corrected chi connectivity index (χ1v) is 6.72. The standard InChI is InChI=1S/C17H19NO2/c1-17(2,19)14-8-12-10-6-4-5-7-11(10)16(20-3)13(12)9-15(14)18/h4-9,16,19H,18H2,1-3H3. The maximum absolute atomic E-state index is 10.3. The molecule has 1 atom stereocenters. The zero-order chi connectivity index (χ0) is 14.5. The minimum atomic E-state index is -0.959. The van der Waals surface area contributed by atoms with Gasteiger partial charge in [-0.05, 0) is 48.2 Å². The molecule has 0 spiro atoms. The van der Waals surface area contributed by atoms with Gasteiger partial charge in [-0.3, -0.25) is 0 Å². The molecule has 0 amide bonds. The van der Waals surface area contributed by atoms with Crippen molar-refractivity contribution in [3.63, 3.8) is 0 Å². The molecule has 20 heavy (non-hydrogen) atoms. The minimum Gasteiger partial charge on any atom is -0.398 e. The zero-order valence-corrected chi connectivity index (χ0v) is 12.0. The molecule has 0 saturated carbocycles. The van der Waals surface area contributed by atoms with Crippen LogP contribution in [0.5, 0.6) is 0 Å². The summed E-state index contributed by atoms with van der Waals surface area (Å²) in [6, 6.07) is 12.1. The second-order valence-corrected chi connectivity index (χ2v) is 5.79. The number of hydrogen-bond donors (Lipinski definition) is 2. The lowest BCUT2D eigenvalue weighted by Crippen LogP contribution is -2.18. The van der Waals surface area contributed by atoms with E-state index in [0.717, 1.165) is 27.8 Å². The van der Waals surface area contributed by atoms with Crippen LogP contribution >= 0.6 is 0 Å². The molecular formula is C17H19NO2. The second-order valence-electron chi connectivity index (χ2n) is 5.79. The van der Waals surface area contributed by atoms with Crippen molar-refractivity contribution in [2.75, 3.05) is 12.8 Å². The van der Waals surface area contributed by atoms with E-state index in [1.165, 1.54) is 0 Å². The highest BCUT2D eigenvalue weighted by Crippen LogP contribution is 2.47. The van der Waals surface area contributed by atoms with Crippen LogP contribution in [0.1, 0.15) is 36.6 Å². The molecule has 3 rings (SSSR count). The molecule has 3 N–H and O–H groups in total. The van der Waals surface area contributed by atoms with Crippen molar-refractivity contribution in [3.8, 4) is 11.1 Å². The lowest BCUT2D eigenvalue weighted by atomic mass is 9.92. The molecule has 1 aliphatic carbocycles. The number of ether oxygens (including phenoxy) is 1. The molecule has 104 valence electrons. The van der Waals surface area contributed by atoms with Gasteiger partial charge in [0.2, 0.25) is 0 Å². The van der Waals surface area contributed by atoms with Crippen LogP contribution in [0.3, 0.4) is 0 Å². The Hall–Kier alpha value is -1.84. The van der Waals surface area contributed by atoms with Gasteiger partial charge in [-0.25, -0.2) is 0 Å². The molecular weight excluding hydrogens is 250 g/mol. The van der Waals surface area contributed by atoms with E-state index in [-0.39, 0.29) is 6.10 Å². The van der Waals surface area contributed by atoms with Crippen molar-refractivity contribution in [1.29, 1.82) is 0 Å². The Bertz CT molecular complexity index is 671. The number of nitrogen functional groups attached to an aromatic ring is 1. The predicted octanol–water partition coefficient (Wildman–Crippen LogP) is 3.21. The minimum absolute atomic E-state index is 0.0839. The molecule has 2 aromatic rings. The molecule has 0 bridgehead atoms. The highest BCUT2D eigenvalue weighted by Gasteiger charge is 2.31. The van der Waals surface area contributed by atoms with Crippen molar-refractivity contribution in [1.82, 2.24) is 0 Å². The molecule has 0 heterocycles. The van der Waals surface area contributed by atoms with Crippen LogP contribution < -0.4 is 5.73 Å². The highest BCUT2D eigenvalue weighted by molar-refractivity contribution is 5.81. The fraction of sp³-hybridized carbons (Fsp3) is 0.294. The van der Waals surface area contributed by atoms with E-state index < -0.39 is 5.60 Å². The Morgan fingerprint density at radius 2 is 1.80 bits per heavy atom. The topological polar surface area (TPSA) is 55.5 Å². The predicted molar refractivity (Wildman–Crippen MR) is 80.4 cm³/mol. The molecule has 0 aliphatic heterocycles. The molecule has 0 fully saturated rings. The zero-order valence-electron chi connectivity index (χ0n) is 12.0. The molecule has 1 aliphatic rings. The van der Waals surface area contributed by atoms with E-state index in [0.29, 0.717) is 5.69 Å². The van der Waals surface area contributed by atoms with Crippen LogP contribution in [0.4, 0.5) is 5.69 Å². The molecule has 1 unspecified atom stereocenters. The van der Waals surface area contributed by atoms with Crippen molar-refractivity contribution < 1.29 is 9.84 Å². The number of fused-ring (bicyclic) bond motifs is 3. The quantitative estimate of drug-likeness (QED) is 0.823. The number of rotatable bonds is 2. The van der Waals surface area contributed by atoms with E-state index >= 15 is 0 Å². The summed E-state index contributed by atoms with van der Waals surface area (Å²) in [5.74, 6) is 0. The van der Waals surface area contributed by atoms with Gasteiger partial charge in [0.15, 0.2) is 0 Å². The van der Waals surface area contributed by atoms with Crippen LogP contribution in [-0.4, -0.2) is 12.2 Å². The van der Waals surface area contributed by atoms with E-state index in [1.54, 1.807) is 21.0 Å². The third-order valence-electron chi connectivity index (χ3n) is 3.93. The fourth-order valence-corrected chi connectivity index (χ4v) is 3.01. The Balaban J connectivity index is 2.28. The largest absolute Gasteiger partial charge is 0.398 e. The van der Waals surface area contributed by atoms with Gasteiger partial charge in [-0.1, -0.05) is 24.3 Å². The van der Waals surface area contributed by atoms with E-state index in [2.05, 4.69) is 12.1 Å². The molecule has 3 nitrogen and oxygen atoms in total. The number of nitrogens with two attached hydrogens (primary N) is 1. The summed E-state index contributed by atoms with van der Waals surface area (Å²) < 4.78 is 5.63. The third-order valence-corrected chi connectivity index (χ3v) is 3.93. The van der Waals surface area contributed by atoms with Crippen molar-refractivity contribution in [3.05, 3.63) is 53.1 Å². The maximum atomic E-state index is 10.3. The smallest absolute Gasteiger partial charge is 0.108 e. The summed E-state index contributed by atoms with van der Waals surface area (Å²) in [6.07, 6.45) is -0.0839. The first-order valence-electron chi connectivity index (χ1n) is 6.72. The van der Waals surface area contributed by atoms with Gasteiger partial charge >= 0.3 is 0 Å². The van der Waals surface area contributed by atoms with Gasteiger partial charge in [0.05, 0.1) is 5.60 Å². The summed E-state index contributed by atoms with van der Waals surface area (Å²) in [7, 11) is 1.70. The number of anilines is 1. The maximum Gasteiger partial charge on any atom is 0.108 e. The average molecular weight is 269 g/mol. The van der Waals surface area contributed by atoms with E-state index in [1.807, 2.05) is 24.3 Å². The molecule has 2 aromatic carbocycles. The normalized spacial score (nSPS) is 16.9. The van der Waals surface area contributed by atoms with Gasteiger partial charge in [-0.2, -0.15) is 0 Å². The lowest BCUT2D eigenvalue weighted by Gasteiger charge is -2.22. The molecule has 0 saturated heterocycles. The van der Waals surface area contributed by atoms with Crippen LogP contribution in [-0.2, 0) is 10.3 Å². The van der Waals surface area contributed by atoms with E-state index in [9.17, 15) is 5.11 Å².